The van der Waals surface area contributed by atoms with Crippen molar-refractivity contribution in [1.82, 2.24) is 9.88 Å². The van der Waals surface area contributed by atoms with Crippen molar-refractivity contribution in [3.8, 4) is 0 Å². The Labute approximate surface area is 128 Å². The Balaban J connectivity index is 1.92. The van der Waals surface area contributed by atoms with Crippen LogP contribution in [0.5, 0.6) is 0 Å². The molecule has 0 N–H and O–H groups in total. The second kappa shape index (κ2) is 6.31. The fourth-order valence-corrected chi connectivity index (χ4v) is 3.31. The van der Waals surface area contributed by atoms with Gasteiger partial charge < -0.3 is 4.18 Å². The maximum Gasteiger partial charge on any atom is 0.134 e. The fourth-order valence-electron chi connectivity index (χ4n) is 2.62. The molecule has 2 heterocycles. The lowest BCUT2D eigenvalue weighted by atomic mass is 10.1. The number of benzene rings is 1. The molecule has 106 valence electrons. The quantitative estimate of drug-likeness (QED) is 0.626. The van der Waals surface area contributed by atoms with Gasteiger partial charge in [0, 0.05) is 34.4 Å². The normalized spacial score (nSPS) is 16.1. The van der Waals surface area contributed by atoms with Crippen LogP contribution in [0.2, 0.25) is 5.15 Å². The van der Waals surface area contributed by atoms with Crippen LogP contribution >= 0.6 is 23.6 Å². The van der Waals surface area contributed by atoms with Gasteiger partial charge in [0.25, 0.3) is 0 Å². The van der Waals surface area contributed by atoms with E-state index >= 15 is 0 Å². The SMILES string of the molecule is COSc1ccc2nc(Cl)c(CN3CCCC3)cc2c1. The van der Waals surface area contributed by atoms with Gasteiger partial charge in [-0.1, -0.05) is 11.6 Å². The zero-order valence-corrected chi connectivity index (χ0v) is 13.0. The first-order chi connectivity index (χ1) is 9.76. The average Bonchev–Trinajstić information content (AvgIpc) is 2.93. The predicted molar refractivity (Wildman–Crippen MR) is 84.1 cm³/mol. The van der Waals surface area contributed by atoms with Crippen molar-refractivity contribution in [3.63, 3.8) is 0 Å². The van der Waals surface area contributed by atoms with E-state index in [1.54, 1.807) is 7.11 Å². The Morgan fingerprint density at radius 2 is 2.10 bits per heavy atom. The Hall–Kier alpha value is -0.810. The molecule has 5 heteroatoms. The molecule has 3 nitrogen and oxygen atoms in total. The van der Waals surface area contributed by atoms with E-state index in [-0.39, 0.29) is 0 Å². The number of likely N-dealkylation sites (tertiary alicyclic amines) is 1. The van der Waals surface area contributed by atoms with Crippen molar-refractivity contribution in [1.29, 1.82) is 0 Å². The highest BCUT2D eigenvalue weighted by Crippen LogP contribution is 2.27. The highest BCUT2D eigenvalue weighted by molar-refractivity contribution is 7.94. The highest BCUT2D eigenvalue weighted by Gasteiger charge is 2.14. The second-order valence-electron chi connectivity index (χ2n) is 5.03. The molecule has 0 spiro atoms. The van der Waals surface area contributed by atoms with E-state index < -0.39 is 0 Å². The molecule has 0 unspecified atom stereocenters. The molecule has 1 aromatic heterocycles. The largest absolute Gasteiger partial charge is 0.314 e. The molecule has 2 aromatic rings. The van der Waals surface area contributed by atoms with Crippen molar-refractivity contribution >= 4 is 34.5 Å². The lowest BCUT2D eigenvalue weighted by Gasteiger charge is -2.15. The molecule has 1 aliphatic rings. The third-order valence-corrected chi connectivity index (χ3v) is 4.52. The third kappa shape index (κ3) is 3.09. The van der Waals surface area contributed by atoms with Gasteiger partial charge in [0.05, 0.1) is 12.6 Å². The van der Waals surface area contributed by atoms with Crippen molar-refractivity contribution in [2.24, 2.45) is 0 Å². The Kier molecular flexibility index (Phi) is 4.46. The van der Waals surface area contributed by atoms with Crippen LogP contribution in [0.4, 0.5) is 0 Å². The Morgan fingerprint density at radius 1 is 1.30 bits per heavy atom. The number of hydrogen-bond acceptors (Lipinski definition) is 4. The zero-order valence-electron chi connectivity index (χ0n) is 11.4. The average molecular weight is 309 g/mol. The minimum absolute atomic E-state index is 0.622. The van der Waals surface area contributed by atoms with E-state index in [2.05, 4.69) is 22.0 Å². The molecule has 0 amide bonds. The number of fused-ring (bicyclic) bond motifs is 1. The molecule has 0 radical (unpaired) electrons. The minimum atomic E-state index is 0.622. The van der Waals surface area contributed by atoms with Crippen molar-refractivity contribution in [2.45, 2.75) is 24.3 Å². The monoisotopic (exact) mass is 308 g/mol. The number of aromatic nitrogens is 1. The van der Waals surface area contributed by atoms with E-state index in [1.807, 2.05) is 12.1 Å². The number of rotatable bonds is 4. The summed E-state index contributed by atoms with van der Waals surface area (Å²) in [6.07, 6.45) is 2.57. The van der Waals surface area contributed by atoms with Gasteiger partial charge >= 0.3 is 0 Å². The van der Waals surface area contributed by atoms with Crippen LogP contribution in [0.1, 0.15) is 18.4 Å². The molecule has 0 atom stereocenters. The summed E-state index contributed by atoms with van der Waals surface area (Å²) in [6.45, 7) is 3.21. The standard InChI is InChI=1S/C15H17ClN2OS/c1-19-20-13-4-5-14-11(9-13)8-12(15(16)17-14)10-18-6-2-3-7-18/h4-5,8-9H,2-3,6-7,10H2,1H3. The molecule has 0 aliphatic carbocycles. The maximum atomic E-state index is 6.31. The van der Waals surface area contributed by atoms with Crippen LogP contribution in [0.3, 0.4) is 0 Å². The number of pyridine rings is 1. The van der Waals surface area contributed by atoms with Gasteiger partial charge in [-0.05, 0) is 50.2 Å². The van der Waals surface area contributed by atoms with Gasteiger partial charge in [-0.15, -0.1) is 0 Å². The van der Waals surface area contributed by atoms with Gasteiger partial charge in [0.2, 0.25) is 0 Å². The first kappa shape index (κ1) is 14.1. The zero-order chi connectivity index (χ0) is 13.9. The molecular formula is C15H17ClN2OS. The maximum absolute atomic E-state index is 6.31. The van der Waals surface area contributed by atoms with Gasteiger partial charge in [-0.25, -0.2) is 4.98 Å². The van der Waals surface area contributed by atoms with E-state index in [1.165, 1.54) is 24.9 Å². The lowest BCUT2D eigenvalue weighted by molar-refractivity contribution is 0.331. The summed E-state index contributed by atoms with van der Waals surface area (Å²) in [4.78, 5) is 8.02. The topological polar surface area (TPSA) is 25.4 Å². The minimum Gasteiger partial charge on any atom is -0.314 e. The molecular weight excluding hydrogens is 292 g/mol. The summed E-state index contributed by atoms with van der Waals surface area (Å²) in [5.41, 5.74) is 2.04. The molecule has 1 aliphatic heterocycles. The molecule has 3 rings (SSSR count). The van der Waals surface area contributed by atoms with Crippen LogP contribution in [0.15, 0.2) is 29.2 Å². The van der Waals surface area contributed by atoms with Crippen molar-refractivity contribution < 1.29 is 4.18 Å². The van der Waals surface area contributed by atoms with Crippen molar-refractivity contribution in [2.75, 3.05) is 20.2 Å². The van der Waals surface area contributed by atoms with Gasteiger partial charge in [0.1, 0.15) is 5.15 Å². The van der Waals surface area contributed by atoms with E-state index in [0.717, 1.165) is 41.0 Å². The van der Waals surface area contributed by atoms with Gasteiger partial charge in [-0.3, -0.25) is 4.90 Å². The number of nitrogens with zero attached hydrogens (tertiary/aromatic N) is 2. The molecule has 0 bridgehead atoms. The summed E-state index contributed by atoms with van der Waals surface area (Å²) < 4.78 is 5.10. The van der Waals surface area contributed by atoms with E-state index in [9.17, 15) is 0 Å². The Morgan fingerprint density at radius 3 is 2.85 bits per heavy atom. The van der Waals surface area contributed by atoms with E-state index in [0.29, 0.717) is 5.15 Å². The van der Waals surface area contributed by atoms with Gasteiger partial charge in [0.15, 0.2) is 0 Å². The highest BCUT2D eigenvalue weighted by atomic mass is 35.5. The summed E-state index contributed by atoms with van der Waals surface area (Å²) in [5, 5.41) is 1.74. The van der Waals surface area contributed by atoms with E-state index in [4.69, 9.17) is 15.8 Å². The summed E-state index contributed by atoms with van der Waals surface area (Å²) >= 11 is 7.68. The Bertz CT molecular complexity index is 614. The first-order valence-corrected chi connectivity index (χ1v) is 7.90. The third-order valence-electron chi connectivity index (χ3n) is 3.58. The summed E-state index contributed by atoms with van der Waals surface area (Å²) in [6, 6.07) is 8.24. The lowest BCUT2D eigenvalue weighted by Crippen LogP contribution is -2.18. The molecule has 1 fully saturated rings. The van der Waals surface area contributed by atoms with Gasteiger partial charge in [-0.2, -0.15) is 0 Å². The summed E-state index contributed by atoms with van der Waals surface area (Å²) in [5.74, 6) is 0. The predicted octanol–water partition coefficient (Wildman–Crippen LogP) is 4.14. The smallest absolute Gasteiger partial charge is 0.134 e. The van der Waals surface area contributed by atoms with Crippen molar-refractivity contribution in [3.05, 3.63) is 35.0 Å². The first-order valence-electron chi connectivity index (χ1n) is 6.78. The van der Waals surface area contributed by atoms with Crippen LogP contribution in [0.25, 0.3) is 10.9 Å². The molecule has 1 aromatic carbocycles. The fraction of sp³-hybridized carbons (Fsp3) is 0.400. The number of hydrogen-bond donors (Lipinski definition) is 0. The van der Waals surface area contributed by atoms with Crippen LogP contribution in [-0.2, 0) is 10.7 Å². The van der Waals surface area contributed by atoms with Crippen LogP contribution in [0, 0.1) is 0 Å². The molecule has 0 saturated carbocycles. The number of halogens is 1. The molecule has 20 heavy (non-hydrogen) atoms. The second-order valence-corrected chi connectivity index (χ2v) is 6.36. The van der Waals surface area contributed by atoms with Crippen LogP contribution < -0.4 is 0 Å². The molecule has 1 saturated heterocycles. The summed E-state index contributed by atoms with van der Waals surface area (Å²) in [7, 11) is 1.67. The van der Waals surface area contributed by atoms with Crippen LogP contribution in [-0.4, -0.2) is 30.1 Å².